The lowest BCUT2D eigenvalue weighted by molar-refractivity contribution is -0.143. The van der Waals surface area contributed by atoms with Gasteiger partial charge in [0.25, 0.3) is 0 Å². The predicted octanol–water partition coefficient (Wildman–Crippen LogP) is -1.54. The summed E-state index contributed by atoms with van der Waals surface area (Å²) >= 11 is 0. The Bertz CT molecular complexity index is 1780. The van der Waals surface area contributed by atoms with E-state index < -0.39 is 108 Å². The molecular weight excluding hydrogens is 744 g/mol. The number of nitrogens with two attached hydrogens (primary N) is 1. The van der Waals surface area contributed by atoms with Crippen molar-refractivity contribution in [1.82, 2.24) is 36.5 Å². The highest BCUT2D eigenvalue weighted by Crippen LogP contribution is 2.22. The molecule has 57 heavy (non-hydrogen) atoms. The van der Waals surface area contributed by atoms with Crippen molar-refractivity contribution < 1.29 is 53.7 Å². The molecule has 19 heteroatoms. The third-order valence-electron chi connectivity index (χ3n) is 9.56. The van der Waals surface area contributed by atoms with Crippen molar-refractivity contribution in [3.63, 3.8) is 0 Å². The highest BCUT2D eigenvalue weighted by atomic mass is 16.4. The van der Waals surface area contributed by atoms with Crippen molar-refractivity contribution in [3.05, 3.63) is 36.0 Å². The topological polar surface area (TPSA) is 300 Å². The number of aryl methyl sites for hydroxylation is 1. The normalized spacial score (nSPS) is 16.1. The number of amides is 7. The number of para-hydroxylation sites is 1. The Kier molecular flexibility index (Phi) is 18.1. The summed E-state index contributed by atoms with van der Waals surface area (Å²) in [5.74, 6) is -8.45. The second-order valence-electron chi connectivity index (χ2n) is 14.7. The lowest BCUT2D eigenvalue weighted by Gasteiger charge is -2.30. The van der Waals surface area contributed by atoms with E-state index in [1.807, 2.05) is 22.8 Å². The standard InChI is InChI=1S/C38H58N8O11/c1-9-19(4)30(44-33(51)25(14-15-28(39)50)41-36(54)31(20(5)47)40-22(7)49)35(53)45-32(21(6)48)37(55)42-26(34(52)43-29(18(2)3)38(56)57)16-23-17-46(8)27-13-11-10-12-24(23)27/h10-13,17-21,25-26,29-32,47-48H,9,14-16H2,1-8H3,(H2,39,50)(H,40,49)(H,41,54)(H,42,55)(H,43,52)(H,44,51)(H,45,53)(H,56,57)/t19-,20+,21+,25-,26-,29-,30-,31-,32-/m0/s1. The summed E-state index contributed by atoms with van der Waals surface area (Å²) in [4.78, 5) is 103. The zero-order valence-electron chi connectivity index (χ0n) is 33.6. The maximum atomic E-state index is 13.9. The van der Waals surface area contributed by atoms with Crippen LogP contribution < -0.4 is 37.6 Å². The molecule has 316 valence electrons. The number of aromatic nitrogens is 1. The maximum absolute atomic E-state index is 13.9. The Morgan fingerprint density at radius 3 is 1.70 bits per heavy atom. The van der Waals surface area contributed by atoms with Gasteiger partial charge in [-0.1, -0.05) is 52.3 Å². The number of nitrogens with zero attached hydrogens (tertiary/aromatic N) is 1. The molecule has 0 unspecified atom stereocenters. The first-order valence-electron chi connectivity index (χ1n) is 18.8. The number of aliphatic hydroxyl groups is 2. The number of nitrogens with one attached hydrogen (secondary N) is 6. The number of carboxylic acid groups (broad SMARTS) is 1. The molecule has 0 saturated carbocycles. The van der Waals surface area contributed by atoms with E-state index in [-0.39, 0.29) is 19.3 Å². The van der Waals surface area contributed by atoms with Gasteiger partial charge in [0, 0.05) is 43.9 Å². The van der Waals surface area contributed by atoms with Crippen LogP contribution in [0.25, 0.3) is 10.9 Å². The second-order valence-corrected chi connectivity index (χ2v) is 14.7. The minimum absolute atomic E-state index is 0.0916. The van der Waals surface area contributed by atoms with E-state index >= 15 is 0 Å². The molecule has 1 heterocycles. The first-order valence-corrected chi connectivity index (χ1v) is 18.8. The van der Waals surface area contributed by atoms with Crippen molar-refractivity contribution in [2.75, 3.05) is 0 Å². The van der Waals surface area contributed by atoms with Crippen molar-refractivity contribution in [1.29, 1.82) is 0 Å². The van der Waals surface area contributed by atoms with Crippen LogP contribution in [0, 0.1) is 11.8 Å². The monoisotopic (exact) mass is 802 g/mol. The first-order chi connectivity index (χ1) is 26.6. The molecule has 11 N–H and O–H groups in total. The number of carboxylic acids is 1. The van der Waals surface area contributed by atoms with Crippen LogP contribution in [0.4, 0.5) is 0 Å². The Hall–Kier alpha value is -5.56. The number of aliphatic hydroxyl groups excluding tert-OH is 2. The van der Waals surface area contributed by atoms with Crippen LogP contribution in [0.2, 0.25) is 0 Å². The SMILES string of the molecule is CC[C@H](C)[C@H](NC(=O)[C@H](CCC(N)=O)NC(=O)[C@@H](NC(C)=O)[C@@H](C)O)C(=O)N[C@H](C(=O)N[C@@H](Cc1cn(C)c2ccccc12)C(=O)N[C@H](C(=O)O)C(C)C)[C@@H](C)O. The highest BCUT2D eigenvalue weighted by molar-refractivity contribution is 5.97. The zero-order valence-corrected chi connectivity index (χ0v) is 33.6. The van der Waals surface area contributed by atoms with Gasteiger partial charge >= 0.3 is 5.97 Å². The molecule has 0 fully saturated rings. The molecule has 0 radical (unpaired) electrons. The van der Waals surface area contributed by atoms with Crippen LogP contribution in [0.3, 0.4) is 0 Å². The summed E-state index contributed by atoms with van der Waals surface area (Å²) in [5, 5.41) is 46.1. The average Bonchev–Trinajstić information content (AvgIpc) is 3.44. The molecule has 0 spiro atoms. The fraction of sp³-hybridized carbons (Fsp3) is 0.579. The van der Waals surface area contributed by atoms with Gasteiger partial charge in [-0.3, -0.25) is 33.6 Å². The number of carbonyl (C=O) groups is 8. The van der Waals surface area contributed by atoms with Crippen LogP contribution in [0.15, 0.2) is 30.5 Å². The summed E-state index contributed by atoms with van der Waals surface area (Å²) < 4.78 is 1.83. The van der Waals surface area contributed by atoms with Crippen LogP contribution >= 0.6 is 0 Å². The van der Waals surface area contributed by atoms with Crippen molar-refractivity contribution >= 4 is 58.2 Å². The molecule has 0 bridgehead atoms. The molecule has 0 saturated heterocycles. The number of carbonyl (C=O) groups excluding carboxylic acids is 7. The number of fused-ring (bicyclic) bond motifs is 1. The third-order valence-corrected chi connectivity index (χ3v) is 9.56. The van der Waals surface area contributed by atoms with Gasteiger partial charge in [0.05, 0.1) is 12.2 Å². The van der Waals surface area contributed by atoms with Gasteiger partial charge in [-0.15, -0.1) is 0 Å². The molecule has 2 rings (SSSR count). The molecular formula is C38H58N8O11. The smallest absolute Gasteiger partial charge is 0.326 e. The molecule has 7 amide bonds. The highest BCUT2D eigenvalue weighted by Gasteiger charge is 2.37. The summed E-state index contributed by atoms with van der Waals surface area (Å²) in [6, 6.07) is -1.32. The van der Waals surface area contributed by atoms with Crippen molar-refractivity contribution in [2.45, 2.75) is 123 Å². The predicted molar refractivity (Wildman–Crippen MR) is 208 cm³/mol. The van der Waals surface area contributed by atoms with E-state index in [0.29, 0.717) is 12.0 Å². The largest absolute Gasteiger partial charge is 0.480 e. The first kappa shape index (κ1) is 47.6. The number of primary amides is 1. The minimum atomic E-state index is -1.68. The fourth-order valence-electron chi connectivity index (χ4n) is 6.09. The lowest BCUT2D eigenvalue weighted by atomic mass is 9.96. The molecule has 2 aromatic rings. The Morgan fingerprint density at radius 1 is 0.702 bits per heavy atom. The van der Waals surface area contributed by atoms with Crippen LogP contribution in [0.1, 0.15) is 73.3 Å². The number of benzene rings is 1. The van der Waals surface area contributed by atoms with Crippen molar-refractivity contribution in [3.8, 4) is 0 Å². The van der Waals surface area contributed by atoms with Gasteiger partial charge in [-0.25, -0.2) is 4.79 Å². The van der Waals surface area contributed by atoms with Gasteiger partial charge in [-0.2, -0.15) is 0 Å². The number of aliphatic carboxylic acids is 1. The van der Waals surface area contributed by atoms with Crippen LogP contribution in [0.5, 0.6) is 0 Å². The fourth-order valence-corrected chi connectivity index (χ4v) is 6.09. The summed E-state index contributed by atoms with van der Waals surface area (Å²) in [6.45, 7) is 10.1. The Morgan fingerprint density at radius 2 is 1.19 bits per heavy atom. The number of hydrogen-bond donors (Lipinski definition) is 10. The van der Waals surface area contributed by atoms with Gasteiger partial charge in [0.2, 0.25) is 41.4 Å². The third kappa shape index (κ3) is 13.9. The summed E-state index contributed by atoms with van der Waals surface area (Å²) in [5.41, 5.74) is 6.78. The van der Waals surface area contributed by atoms with E-state index in [1.54, 1.807) is 47.0 Å². The average molecular weight is 803 g/mol. The van der Waals surface area contributed by atoms with E-state index in [9.17, 15) is 53.7 Å². The molecule has 1 aromatic heterocycles. The van der Waals surface area contributed by atoms with Gasteiger partial charge in [-0.05, 0) is 43.7 Å². The molecule has 9 atom stereocenters. The minimum Gasteiger partial charge on any atom is -0.480 e. The molecule has 0 aliphatic heterocycles. The van der Waals surface area contributed by atoms with Gasteiger partial charge in [0.1, 0.15) is 36.3 Å². The van der Waals surface area contributed by atoms with Gasteiger partial charge < -0.3 is 57.5 Å². The van der Waals surface area contributed by atoms with Crippen LogP contribution in [-0.2, 0) is 51.8 Å². The molecule has 19 nitrogen and oxygen atoms in total. The molecule has 0 aliphatic carbocycles. The van der Waals surface area contributed by atoms with Crippen molar-refractivity contribution in [2.24, 2.45) is 24.6 Å². The quantitative estimate of drug-likeness (QED) is 0.0651. The number of rotatable bonds is 22. The zero-order chi connectivity index (χ0) is 43.3. The molecule has 0 aliphatic rings. The van der Waals surface area contributed by atoms with Crippen LogP contribution in [-0.4, -0.2) is 116 Å². The van der Waals surface area contributed by atoms with E-state index in [2.05, 4.69) is 31.9 Å². The lowest BCUT2D eigenvalue weighted by Crippen LogP contribution is -2.63. The summed E-state index contributed by atoms with van der Waals surface area (Å²) in [7, 11) is 1.80. The van der Waals surface area contributed by atoms with E-state index in [0.717, 1.165) is 17.8 Å². The molecule has 1 aromatic carbocycles. The van der Waals surface area contributed by atoms with E-state index in [4.69, 9.17) is 5.73 Å². The maximum Gasteiger partial charge on any atom is 0.326 e. The Labute approximate surface area is 331 Å². The second kappa shape index (κ2) is 21.7. The number of hydrogen-bond acceptors (Lipinski definition) is 10. The summed E-state index contributed by atoms with van der Waals surface area (Å²) in [6.07, 6.45) is -1.59. The van der Waals surface area contributed by atoms with E-state index in [1.165, 1.54) is 13.8 Å². The van der Waals surface area contributed by atoms with Gasteiger partial charge in [0.15, 0.2) is 0 Å². The Balaban J connectivity index is 2.42.